The highest BCUT2D eigenvalue weighted by atomic mass is 35.5. The Hall–Kier alpha value is -1.44. The van der Waals surface area contributed by atoms with Gasteiger partial charge in [-0.1, -0.05) is 10.3 Å². The third kappa shape index (κ3) is 3.48. The lowest BCUT2D eigenvalue weighted by atomic mass is 10.1. The van der Waals surface area contributed by atoms with Crippen molar-refractivity contribution in [3.05, 3.63) is 28.7 Å². The van der Waals surface area contributed by atoms with E-state index in [4.69, 9.17) is 9.05 Å². The van der Waals surface area contributed by atoms with Crippen LogP contribution in [0.4, 0.5) is 0 Å². The Morgan fingerprint density at radius 1 is 1.23 bits per heavy atom. The topological polar surface area (TPSA) is 80.2 Å². The number of aryl methyl sites for hydroxylation is 3. The molecule has 1 saturated heterocycles. The van der Waals surface area contributed by atoms with Crippen molar-refractivity contribution in [1.29, 1.82) is 0 Å². The summed E-state index contributed by atoms with van der Waals surface area (Å²) in [4.78, 5) is 6.78. The number of hydrogen-bond acceptors (Lipinski definition) is 7. The Kier molecular flexibility index (Phi) is 5.55. The van der Waals surface area contributed by atoms with Gasteiger partial charge in [-0.3, -0.25) is 4.90 Å². The van der Waals surface area contributed by atoms with Crippen molar-refractivity contribution < 1.29 is 9.05 Å². The zero-order valence-corrected chi connectivity index (χ0v) is 13.9. The van der Waals surface area contributed by atoms with Gasteiger partial charge in [0.25, 0.3) is 0 Å². The second kappa shape index (κ2) is 7.21. The molecule has 3 heterocycles. The number of hydrogen-bond donors (Lipinski definition) is 1. The van der Waals surface area contributed by atoms with Crippen LogP contribution in [0.3, 0.4) is 0 Å². The lowest BCUT2D eigenvalue weighted by Crippen LogP contribution is -2.44. The van der Waals surface area contributed by atoms with Gasteiger partial charge in [-0.05, 0) is 27.3 Å². The van der Waals surface area contributed by atoms with Crippen molar-refractivity contribution in [2.75, 3.05) is 26.7 Å². The molecule has 1 fully saturated rings. The van der Waals surface area contributed by atoms with Crippen molar-refractivity contribution in [2.45, 2.75) is 32.7 Å². The number of nitrogens with zero attached hydrogens (tertiary/aromatic N) is 4. The minimum absolute atomic E-state index is 0. The highest BCUT2D eigenvalue weighted by Crippen LogP contribution is 2.19. The van der Waals surface area contributed by atoms with Crippen molar-refractivity contribution in [3.8, 4) is 0 Å². The average Bonchev–Trinajstić information content (AvgIpc) is 3.05. The summed E-state index contributed by atoms with van der Waals surface area (Å²) in [6.07, 6.45) is 1.52. The quantitative estimate of drug-likeness (QED) is 0.910. The summed E-state index contributed by atoms with van der Waals surface area (Å²) in [7, 11) is 2.09. The second-order valence-corrected chi connectivity index (χ2v) is 5.55. The third-order valence-corrected chi connectivity index (χ3v) is 4.06. The fourth-order valence-electron chi connectivity index (χ4n) is 2.69. The van der Waals surface area contributed by atoms with Gasteiger partial charge in [0, 0.05) is 31.6 Å². The predicted molar refractivity (Wildman–Crippen MR) is 83.2 cm³/mol. The second-order valence-electron chi connectivity index (χ2n) is 5.55. The van der Waals surface area contributed by atoms with Crippen LogP contribution in [0.2, 0.25) is 0 Å². The van der Waals surface area contributed by atoms with Gasteiger partial charge in [0.1, 0.15) is 5.76 Å². The average molecular weight is 328 g/mol. The summed E-state index contributed by atoms with van der Waals surface area (Å²) in [5.74, 6) is 2.30. The monoisotopic (exact) mass is 327 g/mol. The summed E-state index contributed by atoms with van der Waals surface area (Å²) in [6.45, 7) is 6.74. The van der Waals surface area contributed by atoms with Crippen LogP contribution in [0, 0.1) is 13.8 Å². The van der Waals surface area contributed by atoms with E-state index in [1.807, 2.05) is 13.8 Å². The Morgan fingerprint density at radius 3 is 2.73 bits per heavy atom. The SMILES string of the molecule is Cc1noc(C)c1CCc1nc(C2CNCCN2C)no1.Cl. The maximum Gasteiger partial charge on any atom is 0.227 e. The minimum Gasteiger partial charge on any atom is -0.361 e. The fraction of sp³-hybridized carbons (Fsp3) is 0.643. The number of halogens is 1. The molecule has 1 unspecified atom stereocenters. The summed E-state index contributed by atoms with van der Waals surface area (Å²) in [5, 5.41) is 11.4. The van der Waals surface area contributed by atoms with Gasteiger partial charge in [-0.25, -0.2) is 0 Å². The largest absolute Gasteiger partial charge is 0.361 e. The molecule has 1 aliphatic rings. The molecular weight excluding hydrogens is 306 g/mol. The van der Waals surface area contributed by atoms with Crippen molar-refractivity contribution >= 4 is 12.4 Å². The number of likely N-dealkylation sites (N-methyl/N-ethyl adjacent to an activating group) is 1. The van der Waals surface area contributed by atoms with E-state index in [0.717, 1.165) is 48.9 Å². The van der Waals surface area contributed by atoms with Crippen LogP contribution in [0.1, 0.15) is 34.8 Å². The van der Waals surface area contributed by atoms with Crippen molar-refractivity contribution in [2.24, 2.45) is 0 Å². The fourth-order valence-corrected chi connectivity index (χ4v) is 2.69. The van der Waals surface area contributed by atoms with E-state index >= 15 is 0 Å². The van der Waals surface area contributed by atoms with E-state index in [2.05, 4.69) is 32.6 Å². The first-order valence-corrected chi connectivity index (χ1v) is 7.30. The van der Waals surface area contributed by atoms with Gasteiger partial charge in [-0.15, -0.1) is 12.4 Å². The van der Waals surface area contributed by atoms with Crippen LogP contribution in [-0.4, -0.2) is 46.9 Å². The minimum atomic E-state index is 0. The molecule has 2 aromatic rings. The highest BCUT2D eigenvalue weighted by Gasteiger charge is 2.25. The molecular formula is C14H22ClN5O2. The van der Waals surface area contributed by atoms with Crippen LogP contribution in [0.15, 0.2) is 9.05 Å². The molecule has 0 aliphatic carbocycles. The first-order valence-electron chi connectivity index (χ1n) is 7.30. The van der Waals surface area contributed by atoms with Crippen LogP contribution in [0.5, 0.6) is 0 Å². The van der Waals surface area contributed by atoms with E-state index in [9.17, 15) is 0 Å². The standard InChI is InChI=1S/C14H21N5O2.ClH/c1-9-11(10(2)20-17-9)4-5-13-16-14(18-21-13)12-8-15-6-7-19(12)3;/h12,15H,4-8H2,1-3H3;1H. The maximum atomic E-state index is 5.38. The van der Waals surface area contributed by atoms with Crippen molar-refractivity contribution in [1.82, 2.24) is 25.5 Å². The lowest BCUT2D eigenvalue weighted by Gasteiger charge is -2.30. The normalized spacial score (nSPS) is 19.1. The molecule has 1 atom stereocenters. The van der Waals surface area contributed by atoms with E-state index in [-0.39, 0.29) is 18.4 Å². The molecule has 0 saturated carbocycles. The third-order valence-electron chi connectivity index (χ3n) is 4.06. The number of aromatic nitrogens is 3. The molecule has 122 valence electrons. The Bertz CT molecular complexity index is 593. The molecule has 7 nitrogen and oxygen atoms in total. The van der Waals surface area contributed by atoms with Crippen LogP contribution < -0.4 is 5.32 Å². The molecule has 0 spiro atoms. The predicted octanol–water partition coefficient (Wildman–Crippen LogP) is 1.46. The number of nitrogens with one attached hydrogen (secondary N) is 1. The first kappa shape index (κ1) is 16.9. The Morgan fingerprint density at radius 2 is 2.05 bits per heavy atom. The molecule has 1 aliphatic heterocycles. The summed E-state index contributed by atoms with van der Waals surface area (Å²) in [6, 6.07) is 0.190. The molecule has 1 N–H and O–H groups in total. The number of piperazine rings is 1. The van der Waals surface area contributed by atoms with Gasteiger partial charge in [0.05, 0.1) is 11.7 Å². The molecule has 0 aromatic carbocycles. The highest BCUT2D eigenvalue weighted by molar-refractivity contribution is 5.85. The lowest BCUT2D eigenvalue weighted by molar-refractivity contribution is 0.190. The molecule has 2 aromatic heterocycles. The first-order chi connectivity index (χ1) is 10.1. The molecule has 8 heteroatoms. The van der Waals surface area contributed by atoms with Crippen LogP contribution in [-0.2, 0) is 12.8 Å². The molecule has 0 radical (unpaired) electrons. The van der Waals surface area contributed by atoms with Crippen molar-refractivity contribution in [3.63, 3.8) is 0 Å². The zero-order chi connectivity index (χ0) is 14.8. The maximum absolute atomic E-state index is 5.38. The van der Waals surface area contributed by atoms with Gasteiger partial charge < -0.3 is 14.4 Å². The zero-order valence-electron chi connectivity index (χ0n) is 13.1. The Labute approximate surface area is 135 Å². The van der Waals surface area contributed by atoms with E-state index in [0.29, 0.717) is 12.3 Å². The molecule has 0 bridgehead atoms. The summed E-state index contributed by atoms with van der Waals surface area (Å²) >= 11 is 0. The van der Waals surface area contributed by atoms with E-state index < -0.39 is 0 Å². The molecule has 3 rings (SSSR count). The Balaban J connectivity index is 0.00000176. The van der Waals surface area contributed by atoms with Gasteiger partial charge in [0.15, 0.2) is 5.82 Å². The van der Waals surface area contributed by atoms with E-state index in [1.165, 1.54) is 0 Å². The van der Waals surface area contributed by atoms with Gasteiger partial charge in [-0.2, -0.15) is 4.98 Å². The number of rotatable bonds is 4. The van der Waals surface area contributed by atoms with Crippen LogP contribution in [0.25, 0.3) is 0 Å². The summed E-state index contributed by atoms with van der Waals surface area (Å²) in [5.41, 5.74) is 2.06. The van der Waals surface area contributed by atoms with Gasteiger partial charge in [0.2, 0.25) is 5.89 Å². The van der Waals surface area contributed by atoms with E-state index in [1.54, 1.807) is 0 Å². The molecule has 0 amide bonds. The molecule has 22 heavy (non-hydrogen) atoms. The van der Waals surface area contributed by atoms with Crippen LogP contribution >= 0.6 is 12.4 Å². The van der Waals surface area contributed by atoms with Gasteiger partial charge >= 0.3 is 0 Å². The smallest absolute Gasteiger partial charge is 0.227 e. The summed E-state index contributed by atoms with van der Waals surface area (Å²) < 4.78 is 10.5.